The van der Waals surface area contributed by atoms with Crippen LogP contribution < -0.4 is 10.1 Å². The Balaban J connectivity index is 0.00000320. The van der Waals surface area contributed by atoms with Crippen molar-refractivity contribution in [3.05, 3.63) is 48.2 Å². The van der Waals surface area contributed by atoms with Gasteiger partial charge in [0.2, 0.25) is 17.7 Å². The standard InChI is InChI=1S/C25H26F3N5O3.ClH/c1-36-17-4-2-15(3-5-17)24(8-10-25(27,28)11-9-24)23(35)33-14-16(26)12-20(33)22(34)31-21-7-6-18-19(30-21)13-29-32-18;/h2-7,13,16,20H,8-12,14H2,1H3,(H,29,32)(H,30,31,34);1H/t16-,20-;/m1./s1. The zero-order valence-electron chi connectivity index (χ0n) is 20.0. The molecule has 1 aliphatic heterocycles. The summed E-state index contributed by atoms with van der Waals surface area (Å²) < 4.78 is 48.1. The van der Waals surface area contributed by atoms with E-state index >= 15 is 0 Å². The monoisotopic (exact) mass is 537 g/mol. The van der Waals surface area contributed by atoms with Gasteiger partial charge in [-0.1, -0.05) is 12.1 Å². The lowest BCUT2D eigenvalue weighted by Gasteiger charge is -2.42. The maximum Gasteiger partial charge on any atom is 0.248 e. The lowest BCUT2D eigenvalue weighted by molar-refractivity contribution is -0.146. The second kappa shape index (κ2) is 10.2. The summed E-state index contributed by atoms with van der Waals surface area (Å²) in [6.07, 6.45) is -1.23. The highest BCUT2D eigenvalue weighted by atomic mass is 35.5. The van der Waals surface area contributed by atoms with E-state index in [4.69, 9.17) is 4.74 Å². The number of pyridine rings is 1. The zero-order valence-corrected chi connectivity index (χ0v) is 20.9. The van der Waals surface area contributed by atoms with Crippen LogP contribution in [0.5, 0.6) is 5.75 Å². The first-order valence-corrected chi connectivity index (χ1v) is 11.8. The van der Waals surface area contributed by atoms with Crippen molar-refractivity contribution in [1.29, 1.82) is 0 Å². The Morgan fingerprint density at radius 3 is 2.49 bits per heavy atom. The molecule has 2 aliphatic rings. The van der Waals surface area contributed by atoms with Gasteiger partial charge in [0.05, 0.1) is 30.8 Å². The number of methoxy groups -OCH3 is 1. The average molecular weight is 538 g/mol. The highest BCUT2D eigenvalue weighted by Crippen LogP contribution is 2.47. The molecule has 37 heavy (non-hydrogen) atoms. The predicted molar refractivity (Wildman–Crippen MR) is 133 cm³/mol. The van der Waals surface area contributed by atoms with E-state index in [1.54, 1.807) is 36.4 Å². The van der Waals surface area contributed by atoms with E-state index < -0.39 is 48.2 Å². The van der Waals surface area contributed by atoms with Crippen LogP contribution in [0.2, 0.25) is 0 Å². The van der Waals surface area contributed by atoms with Gasteiger partial charge < -0.3 is 15.0 Å². The molecule has 5 rings (SSSR count). The summed E-state index contributed by atoms with van der Waals surface area (Å²) in [6, 6.07) is 8.88. The molecule has 3 heterocycles. The number of halogens is 4. The Morgan fingerprint density at radius 2 is 1.81 bits per heavy atom. The number of fused-ring (bicyclic) bond motifs is 1. The molecule has 2 fully saturated rings. The second-order valence-electron chi connectivity index (χ2n) is 9.46. The summed E-state index contributed by atoms with van der Waals surface area (Å²) in [4.78, 5) is 32.7. The third-order valence-corrected chi connectivity index (χ3v) is 7.25. The molecule has 1 saturated carbocycles. The third-order valence-electron chi connectivity index (χ3n) is 7.25. The van der Waals surface area contributed by atoms with Gasteiger partial charge in [0.15, 0.2) is 0 Å². The maximum atomic E-state index is 14.6. The summed E-state index contributed by atoms with van der Waals surface area (Å²) >= 11 is 0. The average Bonchev–Trinajstić information content (AvgIpc) is 3.50. The number of hydrogen-bond donors (Lipinski definition) is 2. The van der Waals surface area contributed by atoms with Crippen molar-refractivity contribution in [1.82, 2.24) is 20.1 Å². The Morgan fingerprint density at radius 1 is 1.11 bits per heavy atom. The fourth-order valence-electron chi connectivity index (χ4n) is 5.22. The number of H-pyrrole nitrogens is 1. The smallest absolute Gasteiger partial charge is 0.248 e. The van der Waals surface area contributed by atoms with Crippen LogP contribution in [0.25, 0.3) is 11.0 Å². The summed E-state index contributed by atoms with van der Waals surface area (Å²) in [7, 11) is 1.51. The highest BCUT2D eigenvalue weighted by molar-refractivity contribution is 5.99. The van der Waals surface area contributed by atoms with Gasteiger partial charge in [0, 0.05) is 19.3 Å². The molecule has 198 valence electrons. The molecule has 3 aromatic rings. The molecule has 2 amide bonds. The van der Waals surface area contributed by atoms with Gasteiger partial charge in [0.25, 0.3) is 0 Å². The Labute approximate surface area is 217 Å². The molecule has 1 aromatic carbocycles. The fourth-order valence-corrected chi connectivity index (χ4v) is 5.22. The van der Waals surface area contributed by atoms with Gasteiger partial charge in [-0.25, -0.2) is 18.2 Å². The van der Waals surface area contributed by atoms with E-state index in [0.717, 1.165) is 0 Å². The fraction of sp³-hybridized carbons (Fsp3) is 0.440. The molecule has 1 aliphatic carbocycles. The number of hydrogen-bond acceptors (Lipinski definition) is 5. The van der Waals surface area contributed by atoms with Gasteiger partial charge >= 0.3 is 0 Å². The van der Waals surface area contributed by atoms with Gasteiger partial charge in [-0.15, -0.1) is 12.4 Å². The van der Waals surface area contributed by atoms with Gasteiger partial charge in [-0.3, -0.25) is 14.7 Å². The normalized spacial score (nSPS) is 22.3. The van der Waals surface area contributed by atoms with Crippen LogP contribution in [-0.2, 0) is 15.0 Å². The number of benzene rings is 1. The van der Waals surface area contributed by atoms with E-state index in [-0.39, 0.29) is 44.0 Å². The molecule has 12 heteroatoms. The quantitative estimate of drug-likeness (QED) is 0.502. The number of nitrogens with zero attached hydrogens (tertiary/aromatic N) is 3. The lowest BCUT2D eigenvalue weighted by atomic mass is 9.67. The molecule has 0 radical (unpaired) electrons. The van der Waals surface area contributed by atoms with Crippen LogP contribution in [0.1, 0.15) is 37.7 Å². The SMILES string of the molecule is COc1ccc(C2(C(=O)N3C[C@H](F)C[C@@H]3C(=O)Nc3ccc4[nH]ncc4n3)CCC(F)(F)CC2)cc1.Cl. The van der Waals surface area contributed by atoms with Crippen LogP contribution in [0.15, 0.2) is 42.6 Å². The highest BCUT2D eigenvalue weighted by Gasteiger charge is 2.53. The lowest BCUT2D eigenvalue weighted by Crippen LogP contribution is -2.54. The van der Waals surface area contributed by atoms with E-state index in [1.807, 2.05) is 0 Å². The molecule has 0 bridgehead atoms. The minimum Gasteiger partial charge on any atom is -0.497 e. The topological polar surface area (TPSA) is 100 Å². The number of nitrogens with one attached hydrogen (secondary N) is 2. The first kappa shape index (κ1) is 26.7. The molecule has 8 nitrogen and oxygen atoms in total. The summed E-state index contributed by atoms with van der Waals surface area (Å²) in [5, 5.41) is 9.32. The number of alkyl halides is 3. The second-order valence-corrected chi connectivity index (χ2v) is 9.46. The third kappa shape index (κ3) is 5.09. The van der Waals surface area contributed by atoms with Crippen molar-refractivity contribution >= 4 is 41.1 Å². The summed E-state index contributed by atoms with van der Waals surface area (Å²) in [5.74, 6) is -3.16. The molecular formula is C25H27ClF3N5O3. The molecule has 0 unspecified atom stereocenters. The molecule has 1 saturated heterocycles. The van der Waals surface area contributed by atoms with Crippen molar-refractivity contribution in [3.8, 4) is 5.75 Å². The number of anilines is 1. The number of carbonyl (C=O) groups excluding carboxylic acids is 2. The van der Waals surface area contributed by atoms with Crippen LogP contribution in [0, 0.1) is 0 Å². The maximum absolute atomic E-state index is 14.6. The van der Waals surface area contributed by atoms with Crippen LogP contribution in [-0.4, -0.2) is 63.7 Å². The number of aromatic nitrogens is 3. The first-order valence-electron chi connectivity index (χ1n) is 11.8. The Bertz CT molecular complexity index is 1280. The molecule has 2 atom stereocenters. The number of ether oxygens (including phenoxy) is 1. The number of amides is 2. The van der Waals surface area contributed by atoms with Gasteiger partial charge in [-0.2, -0.15) is 5.10 Å². The van der Waals surface area contributed by atoms with Crippen LogP contribution >= 0.6 is 12.4 Å². The number of rotatable bonds is 5. The minimum absolute atomic E-state index is 0. The van der Waals surface area contributed by atoms with Crippen molar-refractivity contribution in [2.24, 2.45) is 0 Å². The largest absolute Gasteiger partial charge is 0.497 e. The van der Waals surface area contributed by atoms with Gasteiger partial charge in [0.1, 0.15) is 29.3 Å². The van der Waals surface area contributed by atoms with Gasteiger partial charge in [-0.05, 0) is 42.7 Å². The molecule has 2 N–H and O–H groups in total. The summed E-state index contributed by atoms with van der Waals surface area (Å²) in [5.41, 5.74) is 0.490. The van der Waals surface area contributed by atoms with Crippen molar-refractivity contribution < 1.29 is 27.5 Å². The van der Waals surface area contributed by atoms with E-state index in [0.29, 0.717) is 22.3 Å². The number of likely N-dealkylation sites (tertiary alicyclic amines) is 1. The number of aromatic amines is 1. The van der Waals surface area contributed by atoms with Crippen LogP contribution in [0.3, 0.4) is 0 Å². The number of carbonyl (C=O) groups is 2. The molecular weight excluding hydrogens is 511 g/mol. The minimum atomic E-state index is -2.88. The summed E-state index contributed by atoms with van der Waals surface area (Å²) in [6.45, 7) is -0.278. The van der Waals surface area contributed by atoms with Crippen molar-refractivity contribution in [3.63, 3.8) is 0 Å². The van der Waals surface area contributed by atoms with E-state index in [1.165, 1.54) is 18.2 Å². The van der Waals surface area contributed by atoms with Crippen molar-refractivity contribution in [2.45, 2.75) is 55.7 Å². The predicted octanol–water partition coefficient (Wildman–Crippen LogP) is 4.41. The van der Waals surface area contributed by atoms with Crippen LogP contribution in [0.4, 0.5) is 19.0 Å². The van der Waals surface area contributed by atoms with Crippen molar-refractivity contribution in [2.75, 3.05) is 19.0 Å². The van der Waals surface area contributed by atoms with E-state index in [9.17, 15) is 22.8 Å². The zero-order chi connectivity index (χ0) is 25.5. The van der Waals surface area contributed by atoms with E-state index in [2.05, 4.69) is 20.5 Å². The Hall–Kier alpha value is -3.34. The Kier molecular flexibility index (Phi) is 7.36. The molecule has 2 aromatic heterocycles. The molecule has 0 spiro atoms. The first-order chi connectivity index (χ1) is 17.2.